The SMILES string of the molecule is C=CCC1CCC(=O)C=C1C#C[Si](C)(C)C. The van der Waals surface area contributed by atoms with E-state index in [4.69, 9.17) is 0 Å². The van der Waals surface area contributed by atoms with Gasteiger partial charge in [-0.1, -0.05) is 31.6 Å². The molecule has 1 aliphatic carbocycles. The number of carbonyl (C=O) groups is 1. The van der Waals surface area contributed by atoms with Gasteiger partial charge < -0.3 is 0 Å². The van der Waals surface area contributed by atoms with Crippen molar-refractivity contribution in [2.75, 3.05) is 0 Å². The third-order valence-electron chi connectivity index (χ3n) is 2.53. The summed E-state index contributed by atoms with van der Waals surface area (Å²) in [5.74, 6) is 3.87. The van der Waals surface area contributed by atoms with Gasteiger partial charge in [0.05, 0.1) is 0 Å². The molecule has 0 radical (unpaired) electrons. The Hall–Kier alpha value is -1.07. The summed E-state index contributed by atoms with van der Waals surface area (Å²) in [5, 5.41) is 0. The van der Waals surface area contributed by atoms with Crippen molar-refractivity contribution >= 4 is 13.9 Å². The normalized spacial score (nSPS) is 20.8. The van der Waals surface area contributed by atoms with Gasteiger partial charge in [0.15, 0.2) is 5.78 Å². The van der Waals surface area contributed by atoms with E-state index >= 15 is 0 Å². The zero-order chi connectivity index (χ0) is 12.2. The maximum absolute atomic E-state index is 11.4. The third-order valence-corrected chi connectivity index (χ3v) is 3.40. The number of allylic oxidation sites excluding steroid dienone is 3. The Bertz CT molecular complexity index is 374. The van der Waals surface area contributed by atoms with Crippen LogP contribution in [-0.2, 0) is 4.79 Å². The predicted octanol–water partition coefficient (Wildman–Crippen LogP) is 3.35. The summed E-state index contributed by atoms with van der Waals surface area (Å²) in [6.45, 7) is 10.4. The van der Waals surface area contributed by atoms with Crippen molar-refractivity contribution in [3.63, 3.8) is 0 Å². The lowest BCUT2D eigenvalue weighted by Crippen LogP contribution is -2.18. The summed E-state index contributed by atoms with van der Waals surface area (Å²) in [7, 11) is -1.35. The monoisotopic (exact) mass is 232 g/mol. The van der Waals surface area contributed by atoms with E-state index in [-0.39, 0.29) is 5.78 Å². The van der Waals surface area contributed by atoms with Gasteiger partial charge in [0.1, 0.15) is 8.07 Å². The molecule has 0 N–H and O–H groups in total. The lowest BCUT2D eigenvalue weighted by molar-refractivity contribution is -0.115. The molecule has 0 aromatic heterocycles. The molecule has 0 fully saturated rings. The Balaban J connectivity index is 2.90. The van der Waals surface area contributed by atoms with E-state index in [0.29, 0.717) is 12.3 Å². The zero-order valence-electron chi connectivity index (χ0n) is 10.5. The van der Waals surface area contributed by atoms with Gasteiger partial charge in [0, 0.05) is 12.0 Å². The molecule has 0 spiro atoms. The quantitative estimate of drug-likeness (QED) is 0.405. The summed E-state index contributed by atoms with van der Waals surface area (Å²) < 4.78 is 0. The molecule has 1 aliphatic rings. The largest absolute Gasteiger partial charge is 0.295 e. The molecule has 0 saturated heterocycles. The second kappa shape index (κ2) is 5.31. The van der Waals surface area contributed by atoms with E-state index in [1.807, 2.05) is 6.08 Å². The minimum Gasteiger partial charge on any atom is -0.295 e. The summed E-state index contributed by atoms with van der Waals surface area (Å²) in [4.78, 5) is 11.4. The average molecular weight is 232 g/mol. The first-order valence-electron chi connectivity index (χ1n) is 5.81. The molecule has 0 heterocycles. The predicted molar refractivity (Wildman–Crippen MR) is 71.8 cm³/mol. The van der Waals surface area contributed by atoms with Crippen molar-refractivity contribution in [1.29, 1.82) is 0 Å². The maximum Gasteiger partial charge on any atom is 0.156 e. The molecule has 2 heteroatoms. The second-order valence-electron chi connectivity index (χ2n) is 5.33. The molecule has 0 bridgehead atoms. The molecule has 86 valence electrons. The number of rotatable bonds is 2. The standard InChI is InChI=1S/C14H20OSi/c1-5-6-12-7-8-14(15)11-13(12)9-10-16(2,3)4/h5,11-12H,1,6-8H2,2-4H3. The minimum absolute atomic E-state index is 0.222. The Morgan fingerprint density at radius 3 is 2.81 bits per heavy atom. The van der Waals surface area contributed by atoms with Gasteiger partial charge in [0.2, 0.25) is 0 Å². The fourth-order valence-corrected chi connectivity index (χ4v) is 2.20. The summed E-state index contributed by atoms with van der Waals surface area (Å²) in [6.07, 6.45) is 6.18. The maximum atomic E-state index is 11.4. The van der Waals surface area contributed by atoms with Gasteiger partial charge in [0.25, 0.3) is 0 Å². The van der Waals surface area contributed by atoms with Crippen molar-refractivity contribution in [1.82, 2.24) is 0 Å². The Morgan fingerprint density at radius 2 is 2.25 bits per heavy atom. The molecule has 16 heavy (non-hydrogen) atoms. The molecule has 0 aliphatic heterocycles. The highest BCUT2D eigenvalue weighted by Gasteiger charge is 2.19. The Labute approximate surface area is 99.6 Å². The topological polar surface area (TPSA) is 17.1 Å². The molecule has 1 unspecified atom stereocenters. The van der Waals surface area contributed by atoms with Crippen LogP contribution in [0.1, 0.15) is 19.3 Å². The van der Waals surface area contributed by atoms with Gasteiger partial charge in [-0.2, -0.15) is 0 Å². The smallest absolute Gasteiger partial charge is 0.156 e. The van der Waals surface area contributed by atoms with Crippen LogP contribution in [0.2, 0.25) is 19.6 Å². The molecule has 0 aromatic rings. The van der Waals surface area contributed by atoms with Crippen LogP contribution in [0, 0.1) is 17.4 Å². The Morgan fingerprint density at radius 1 is 1.56 bits per heavy atom. The van der Waals surface area contributed by atoms with Crippen LogP contribution in [-0.4, -0.2) is 13.9 Å². The highest BCUT2D eigenvalue weighted by Crippen LogP contribution is 2.26. The molecular formula is C14H20OSi. The fraction of sp³-hybridized carbons (Fsp3) is 0.500. The van der Waals surface area contributed by atoms with E-state index < -0.39 is 8.07 Å². The van der Waals surface area contributed by atoms with Crippen LogP contribution in [0.4, 0.5) is 0 Å². The van der Waals surface area contributed by atoms with Crippen LogP contribution >= 0.6 is 0 Å². The molecular weight excluding hydrogens is 212 g/mol. The first-order chi connectivity index (χ1) is 7.42. The third kappa shape index (κ3) is 4.20. The van der Waals surface area contributed by atoms with Gasteiger partial charge >= 0.3 is 0 Å². The van der Waals surface area contributed by atoms with Gasteiger partial charge in [-0.25, -0.2) is 0 Å². The first kappa shape index (κ1) is 13.0. The van der Waals surface area contributed by atoms with Crippen LogP contribution in [0.3, 0.4) is 0 Å². The van der Waals surface area contributed by atoms with Gasteiger partial charge in [-0.15, -0.1) is 12.1 Å². The fourth-order valence-electron chi connectivity index (χ4n) is 1.68. The first-order valence-corrected chi connectivity index (χ1v) is 9.31. The Kier molecular flexibility index (Phi) is 4.32. The van der Waals surface area contributed by atoms with E-state index in [1.54, 1.807) is 6.08 Å². The second-order valence-corrected chi connectivity index (χ2v) is 10.1. The van der Waals surface area contributed by atoms with Gasteiger partial charge in [-0.05, 0) is 24.8 Å². The summed E-state index contributed by atoms with van der Waals surface area (Å²) in [5.41, 5.74) is 4.36. The number of ketones is 1. The lowest BCUT2D eigenvalue weighted by Gasteiger charge is -2.19. The molecule has 0 aromatic carbocycles. The van der Waals surface area contributed by atoms with Crippen molar-refractivity contribution in [2.45, 2.75) is 38.9 Å². The molecule has 0 saturated carbocycles. The van der Waals surface area contributed by atoms with E-state index in [0.717, 1.165) is 18.4 Å². The van der Waals surface area contributed by atoms with Crippen molar-refractivity contribution in [2.24, 2.45) is 5.92 Å². The highest BCUT2D eigenvalue weighted by molar-refractivity contribution is 6.83. The number of carbonyl (C=O) groups excluding carboxylic acids is 1. The van der Waals surface area contributed by atoms with Gasteiger partial charge in [-0.3, -0.25) is 4.79 Å². The summed E-state index contributed by atoms with van der Waals surface area (Å²) in [6, 6.07) is 0. The average Bonchev–Trinajstić information content (AvgIpc) is 2.17. The number of hydrogen-bond acceptors (Lipinski definition) is 1. The van der Waals surface area contributed by atoms with E-state index in [1.165, 1.54) is 0 Å². The minimum atomic E-state index is -1.35. The van der Waals surface area contributed by atoms with Crippen molar-refractivity contribution in [3.8, 4) is 11.5 Å². The van der Waals surface area contributed by atoms with E-state index in [9.17, 15) is 4.79 Å². The van der Waals surface area contributed by atoms with E-state index in [2.05, 4.69) is 37.7 Å². The summed E-state index contributed by atoms with van der Waals surface area (Å²) >= 11 is 0. The van der Waals surface area contributed by atoms with Crippen molar-refractivity contribution < 1.29 is 4.79 Å². The molecule has 1 atom stereocenters. The highest BCUT2D eigenvalue weighted by atomic mass is 28.3. The van der Waals surface area contributed by atoms with Crippen molar-refractivity contribution in [3.05, 3.63) is 24.3 Å². The number of hydrogen-bond donors (Lipinski definition) is 0. The molecule has 1 rings (SSSR count). The van der Waals surface area contributed by atoms with Crippen LogP contribution < -0.4 is 0 Å². The zero-order valence-corrected chi connectivity index (χ0v) is 11.5. The molecule has 0 amide bonds. The van der Waals surface area contributed by atoms with Crippen LogP contribution in [0.15, 0.2) is 24.3 Å². The molecule has 1 nitrogen and oxygen atoms in total. The van der Waals surface area contributed by atoms with Crippen LogP contribution in [0.25, 0.3) is 0 Å². The lowest BCUT2D eigenvalue weighted by atomic mass is 9.85. The van der Waals surface area contributed by atoms with Crippen LogP contribution in [0.5, 0.6) is 0 Å².